The third-order valence-electron chi connectivity index (χ3n) is 6.63. The lowest BCUT2D eigenvalue weighted by Gasteiger charge is -2.43. The molecule has 0 saturated carbocycles. The molecule has 9 nitrogen and oxygen atoms in total. The van der Waals surface area contributed by atoms with E-state index in [1.807, 2.05) is 45.0 Å². The van der Waals surface area contributed by atoms with Crippen molar-refractivity contribution in [2.75, 3.05) is 6.54 Å². The number of hydrogen-bond donors (Lipinski definition) is 2. The molecule has 206 valence electrons. The van der Waals surface area contributed by atoms with Crippen LogP contribution in [-0.4, -0.2) is 50.4 Å². The molecule has 1 aliphatic heterocycles. The first-order valence-corrected chi connectivity index (χ1v) is 13.1. The second-order valence-electron chi connectivity index (χ2n) is 10.1. The number of nitrogens with one attached hydrogen (secondary N) is 2. The molecule has 2 heterocycles. The van der Waals surface area contributed by atoms with Crippen LogP contribution in [0, 0.1) is 5.82 Å². The average Bonchev–Trinajstić information content (AvgIpc) is 3.33. The van der Waals surface area contributed by atoms with Gasteiger partial charge in [-0.05, 0) is 62.6 Å². The van der Waals surface area contributed by atoms with Crippen molar-refractivity contribution in [2.45, 2.75) is 65.4 Å². The van der Waals surface area contributed by atoms with E-state index in [0.29, 0.717) is 13.0 Å². The monoisotopic (exact) mass is 535 g/mol. The summed E-state index contributed by atoms with van der Waals surface area (Å²) in [5.74, 6) is -0.857. The number of halogens is 1. The lowest BCUT2D eigenvalue weighted by atomic mass is 9.94. The third-order valence-corrected chi connectivity index (χ3v) is 6.63. The van der Waals surface area contributed by atoms with E-state index in [-0.39, 0.29) is 48.9 Å². The van der Waals surface area contributed by atoms with Crippen molar-refractivity contribution >= 4 is 17.7 Å². The maximum Gasteiger partial charge on any atom is 0.273 e. The van der Waals surface area contributed by atoms with Crippen LogP contribution in [-0.2, 0) is 24.4 Å². The second-order valence-corrected chi connectivity index (χ2v) is 10.1. The number of imidazole rings is 1. The van der Waals surface area contributed by atoms with E-state index >= 15 is 0 Å². The number of ether oxygens (including phenoxy) is 1. The van der Waals surface area contributed by atoms with Gasteiger partial charge < -0.3 is 24.8 Å². The predicted molar refractivity (Wildman–Crippen MR) is 144 cm³/mol. The average molecular weight is 536 g/mol. The highest BCUT2D eigenvalue weighted by atomic mass is 19.1. The molecule has 0 saturated heterocycles. The third kappa shape index (κ3) is 6.10. The fourth-order valence-corrected chi connectivity index (χ4v) is 4.63. The summed E-state index contributed by atoms with van der Waals surface area (Å²) in [6.45, 7) is 8.44. The van der Waals surface area contributed by atoms with Crippen molar-refractivity contribution in [1.29, 1.82) is 0 Å². The number of aromatic nitrogens is 2. The minimum atomic E-state index is -1.20. The normalized spacial score (nSPS) is 16.7. The SMILES string of the molecule is CCCN1C(=O)c2c(C(=O)NCc3ccc(OC(C)C)cc3)ncn2C[C@@]1(C)C(=O)NCc1ccc(F)cc1. The maximum atomic E-state index is 13.7. The summed E-state index contributed by atoms with van der Waals surface area (Å²) in [5, 5.41) is 5.71. The van der Waals surface area contributed by atoms with Gasteiger partial charge in [0.25, 0.3) is 11.8 Å². The van der Waals surface area contributed by atoms with Crippen LogP contribution >= 0.6 is 0 Å². The van der Waals surface area contributed by atoms with Crippen molar-refractivity contribution in [3.05, 3.63) is 83.2 Å². The molecule has 1 aromatic heterocycles. The Morgan fingerprint density at radius 1 is 1.05 bits per heavy atom. The molecule has 10 heteroatoms. The van der Waals surface area contributed by atoms with Crippen molar-refractivity contribution < 1.29 is 23.5 Å². The molecule has 2 aromatic carbocycles. The zero-order chi connectivity index (χ0) is 28.2. The molecule has 4 rings (SSSR count). The van der Waals surface area contributed by atoms with Crippen LogP contribution in [0.4, 0.5) is 4.39 Å². The van der Waals surface area contributed by atoms with Crippen molar-refractivity contribution in [1.82, 2.24) is 25.1 Å². The van der Waals surface area contributed by atoms with Gasteiger partial charge in [-0.1, -0.05) is 31.2 Å². The number of fused-ring (bicyclic) bond motifs is 1. The standard InChI is InChI=1S/C29H34FN5O4/c1-5-14-35-27(37)25-24(26(36)31-15-21-8-12-23(13-9-21)39-19(2)3)33-18-34(25)17-29(35,4)28(38)32-16-20-6-10-22(30)11-7-20/h6-13,18-19H,5,14-17H2,1-4H3,(H,31,36)(H,32,38)/t29-/m0/s1. The van der Waals surface area contributed by atoms with Crippen molar-refractivity contribution in [3.63, 3.8) is 0 Å². The molecule has 0 radical (unpaired) electrons. The summed E-state index contributed by atoms with van der Waals surface area (Å²) < 4.78 is 20.4. The molecule has 3 aromatic rings. The van der Waals surface area contributed by atoms with Crippen LogP contribution in [0.15, 0.2) is 54.9 Å². The molecular formula is C29H34FN5O4. The molecule has 0 spiro atoms. The number of amides is 3. The Kier molecular flexibility index (Phi) is 8.32. The molecule has 2 N–H and O–H groups in total. The van der Waals surface area contributed by atoms with Crippen LogP contribution in [0.3, 0.4) is 0 Å². The van der Waals surface area contributed by atoms with Crippen LogP contribution in [0.5, 0.6) is 5.75 Å². The van der Waals surface area contributed by atoms with Gasteiger partial charge in [0.1, 0.15) is 22.8 Å². The summed E-state index contributed by atoms with van der Waals surface area (Å²) >= 11 is 0. The zero-order valence-corrected chi connectivity index (χ0v) is 22.7. The molecule has 0 fully saturated rings. The van der Waals surface area contributed by atoms with Crippen LogP contribution < -0.4 is 15.4 Å². The van der Waals surface area contributed by atoms with Gasteiger partial charge in [0.05, 0.1) is 19.0 Å². The summed E-state index contributed by atoms with van der Waals surface area (Å²) in [7, 11) is 0. The molecule has 0 bridgehead atoms. The first kappa shape index (κ1) is 27.8. The van der Waals surface area contributed by atoms with Gasteiger partial charge in [-0.25, -0.2) is 9.37 Å². The largest absolute Gasteiger partial charge is 0.491 e. The van der Waals surface area contributed by atoms with Gasteiger partial charge in [-0.3, -0.25) is 14.4 Å². The van der Waals surface area contributed by atoms with E-state index in [1.54, 1.807) is 23.6 Å². The highest BCUT2D eigenvalue weighted by Crippen LogP contribution is 2.29. The summed E-state index contributed by atoms with van der Waals surface area (Å²) in [4.78, 5) is 45.9. The van der Waals surface area contributed by atoms with E-state index in [2.05, 4.69) is 15.6 Å². The topological polar surface area (TPSA) is 106 Å². The molecule has 3 amide bonds. The van der Waals surface area contributed by atoms with Crippen LogP contribution in [0.2, 0.25) is 0 Å². The minimum absolute atomic E-state index is 0.0228. The van der Waals surface area contributed by atoms with Crippen molar-refractivity contribution in [2.24, 2.45) is 0 Å². The molecule has 1 atom stereocenters. The maximum absolute atomic E-state index is 13.7. The number of nitrogens with zero attached hydrogens (tertiary/aromatic N) is 3. The second kappa shape index (κ2) is 11.7. The van der Waals surface area contributed by atoms with Crippen molar-refractivity contribution in [3.8, 4) is 5.75 Å². The Morgan fingerprint density at radius 2 is 1.67 bits per heavy atom. The highest BCUT2D eigenvalue weighted by Gasteiger charge is 2.48. The predicted octanol–water partition coefficient (Wildman–Crippen LogP) is 3.68. The lowest BCUT2D eigenvalue weighted by molar-refractivity contribution is -0.133. The Hall–Kier alpha value is -4.21. The Bertz CT molecular complexity index is 1340. The molecule has 1 aliphatic rings. The minimum Gasteiger partial charge on any atom is -0.491 e. The van der Waals surface area contributed by atoms with E-state index in [4.69, 9.17) is 4.74 Å². The molecule has 0 aliphatic carbocycles. The number of carbonyl (C=O) groups excluding carboxylic acids is 3. The fourth-order valence-electron chi connectivity index (χ4n) is 4.63. The Balaban J connectivity index is 1.48. The molecular weight excluding hydrogens is 501 g/mol. The van der Waals surface area contributed by atoms with E-state index in [9.17, 15) is 18.8 Å². The van der Waals surface area contributed by atoms with Gasteiger partial charge in [-0.2, -0.15) is 0 Å². The number of hydrogen-bond acceptors (Lipinski definition) is 5. The van der Waals surface area contributed by atoms with Gasteiger partial charge in [0, 0.05) is 19.6 Å². The first-order chi connectivity index (χ1) is 18.6. The van der Waals surface area contributed by atoms with Gasteiger partial charge in [0.2, 0.25) is 5.91 Å². The molecule has 39 heavy (non-hydrogen) atoms. The Morgan fingerprint density at radius 3 is 2.28 bits per heavy atom. The fraction of sp³-hybridized carbons (Fsp3) is 0.379. The smallest absolute Gasteiger partial charge is 0.273 e. The number of benzene rings is 2. The summed E-state index contributed by atoms with van der Waals surface area (Å²) in [5.41, 5.74) is 0.591. The quantitative estimate of drug-likeness (QED) is 0.412. The van der Waals surface area contributed by atoms with Gasteiger partial charge in [0.15, 0.2) is 5.69 Å². The highest BCUT2D eigenvalue weighted by molar-refractivity contribution is 6.07. The Labute approximate surface area is 227 Å². The first-order valence-electron chi connectivity index (χ1n) is 13.1. The van der Waals surface area contributed by atoms with E-state index < -0.39 is 17.4 Å². The summed E-state index contributed by atoms with van der Waals surface area (Å²) in [6, 6.07) is 13.3. The van der Waals surface area contributed by atoms with E-state index in [1.165, 1.54) is 23.4 Å². The van der Waals surface area contributed by atoms with Crippen LogP contribution in [0.1, 0.15) is 66.2 Å². The van der Waals surface area contributed by atoms with Crippen LogP contribution in [0.25, 0.3) is 0 Å². The lowest BCUT2D eigenvalue weighted by Crippen LogP contribution is -2.64. The molecule has 0 unspecified atom stereocenters. The zero-order valence-electron chi connectivity index (χ0n) is 22.7. The van der Waals surface area contributed by atoms with Gasteiger partial charge in [-0.15, -0.1) is 0 Å². The summed E-state index contributed by atoms with van der Waals surface area (Å²) in [6.07, 6.45) is 2.11. The number of carbonyl (C=O) groups is 3. The number of rotatable bonds is 10. The van der Waals surface area contributed by atoms with Gasteiger partial charge >= 0.3 is 0 Å². The van der Waals surface area contributed by atoms with E-state index in [0.717, 1.165) is 16.9 Å².